The Labute approximate surface area is 99.4 Å². The zero-order valence-electron chi connectivity index (χ0n) is 10.6. The molecule has 0 bridgehead atoms. The van der Waals surface area contributed by atoms with Crippen molar-refractivity contribution >= 4 is 0 Å². The first-order chi connectivity index (χ1) is 7.74. The number of aliphatic hydroxyl groups excluding tert-OH is 1. The molecule has 1 aliphatic carbocycles. The standard InChI is InChI=1S/C14H26O2/c1-2-12(15)6-5-7-13-8-11-14(16-13)9-3-4-10-14/h12-13,15H,2-11H2,1H3. The van der Waals surface area contributed by atoms with Gasteiger partial charge in [-0.05, 0) is 51.4 Å². The van der Waals surface area contributed by atoms with Crippen molar-refractivity contribution < 1.29 is 9.84 Å². The van der Waals surface area contributed by atoms with Gasteiger partial charge in [0.2, 0.25) is 0 Å². The molecular formula is C14H26O2. The molecule has 1 saturated heterocycles. The summed E-state index contributed by atoms with van der Waals surface area (Å²) in [4.78, 5) is 0. The zero-order valence-corrected chi connectivity index (χ0v) is 10.6. The molecule has 1 aliphatic heterocycles. The number of rotatable bonds is 5. The van der Waals surface area contributed by atoms with Crippen LogP contribution in [0.1, 0.15) is 71.1 Å². The van der Waals surface area contributed by atoms with Crippen molar-refractivity contribution in [2.24, 2.45) is 0 Å². The van der Waals surface area contributed by atoms with Crippen LogP contribution in [0.25, 0.3) is 0 Å². The van der Waals surface area contributed by atoms with Gasteiger partial charge < -0.3 is 9.84 Å². The molecule has 2 heteroatoms. The van der Waals surface area contributed by atoms with Crippen LogP contribution in [0.3, 0.4) is 0 Å². The second-order valence-electron chi connectivity index (χ2n) is 5.66. The Morgan fingerprint density at radius 2 is 2.06 bits per heavy atom. The number of ether oxygens (including phenoxy) is 1. The molecule has 0 aromatic rings. The van der Waals surface area contributed by atoms with E-state index in [1.807, 2.05) is 6.92 Å². The largest absolute Gasteiger partial charge is 0.393 e. The quantitative estimate of drug-likeness (QED) is 0.778. The van der Waals surface area contributed by atoms with Crippen LogP contribution in [-0.2, 0) is 4.74 Å². The van der Waals surface area contributed by atoms with E-state index in [1.54, 1.807) is 0 Å². The molecule has 1 saturated carbocycles. The van der Waals surface area contributed by atoms with E-state index in [4.69, 9.17) is 4.74 Å². The molecule has 1 heterocycles. The maximum atomic E-state index is 9.50. The van der Waals surface area contributed by atoms with E-state index in [2.05, 4.69) is 0 Å². The summed E-state index contributed by atoms with van der Waals surface area (Å²) in [5.41, 5.74) is 0.286. The van der Waals surface area contributed by atoms with E-state index >= 15 is 0 Å². The highest BCUT2D eigenvalue weighted by molar-refractivity contribution is 4.92. The van der Waals surface area contributed by atoms with Gasteiger partial charge in [0, 0.05) is 0 Å². The molecule has 2 rings (SSSR count). The van der Waals surface area contributed by atoms with Gasteiger partial charge in [-0.1, -0.05) is 19.8 Å². The lowest BCUT2D eigenvalue weighted by atomic mass is 9.97. The van der Waals surface area contributed by atoms with Crippen molar-refractivity contribution in [2.75, 3.05) is 0 Å². The Hall–Kier alpha value is -0.0800. The Morgan fingerprint density at radius 3 is 2.75 bits per heavy atom. The van der Waals surface area contributed by atoms with Gasteiger partial charge >= 0.3 is 0 Å². The van der Waals surface area contributed by atoms with Crippen molar-refractivity contribution in [1.29, 1.82) is 0 Å². The monoisotopic (exact) mass is 226 g/mol. The molecule has 16 heavy (non-hydrogen) atoms. The van der Waals surface area contributed by atoms with Gasteiger partial charge in [-0.15, -0.1) is 0 Å². The van der Waals surface area contributed by atoms with E-state index in [0.717, 1.165) is 25.7 Å². The molecule has 2 unspecified atom stereocenters. The lowest BCUT2D eigenvalue weighted by Gasteiger charge is -2.23. The van der Waals surface area contributed by atoms with Gasteiger partial charge in [0.05, 0.1) is 17.8 Å². The third-order valence-electron chi connectivity index (χ3n) is 4.39. The van der Waals surface area contributed by atoms with Gasteiger partial charge in [0.15, 0.2) is 0 Å². The summed E-state index contributed by atoms with van der Waals surface area (Å²) in [7, 11) is 0. The smallest absolute Gasteiger partial charge is 0.0687 e. The van der Waals surface area contributed by atoms with E-state index in [-0.39, 0.29) is 11.7 Å². The van der Waals surface area contributed by atoms with Crippen LogP contribution in [0.15, 0.2) is 0 Å². The first-order valence-corrected chi connectivity index (χ1v) is 7.10. The van der Waals surface area contributed by atoms with E-state index in [0.29, 0.717) is 6.10 Å². The minimum atomic E-state index is -0.0955. The van der Waals surface area contributed by atoms with Gasteiger partial charge in [-0.25, -0.2) is 0 Å². The van der Waals surface area contributed by atoms with Crippen LogP contribution >= 0.6 is 0 Å². The van der Waals surface area contributed by atoms with E-state index in [1.165, 1.54) is 38.5 Å². The lowest BCUT2D eigenvalue weighted by Crippen LogP contribution is -2.24. The molecule has 0 aromatic carbocycles. The van der Waals surface area contributed by atoms with E-state index in [9.17, 15) is 5.11 Å². The lowest BCUT2D eigenvalue weighted by molar-refractivity contribution is -0.0402. The molecule has 0 amide bonds. The van der Waals surface area contributed by atoms with Crippen molar-refractivity contribution in [1.82, 2.24) is 0 Å². The van der Waals surface area contributed by atoms with Gasteiger partial charge in [-0.3, -0.25) is 0 Å². The second kappa shape index (κ2) is 5.50. The Bertz CT molecular complexity index is 209. The van der Waals surface area contributed by atoms with Crippen LogP contribution in [0.5, 0.6) is 0 Å². The molecule has 2 atom stereocenters. The van der Waals surface area contributed by atoms with Crippen LogP contribution < -0.4 is 0 Å². The Kier molecular flexibility index (Phi) is 4.26. The van der Waals surface area contributed by atoms with E-state index < -0.39 is 0 Å². The second-order valence-corrected chi connectivity index (χ2v) is 5.66. The molecule has 0 radical (unpaired) electrons. The summed E-state index contributed by atoms with van der Waals surface area (Å²) in [5, 5.41) is 9.50. The minimum Gasteiger partial charge on any atom is -0.393 e. The summed E-state index contributed by atoms with van der Waals surface area (Å²) in [5.74, 6) is 0. The predicted molar refractivity (Wildman–Crippen MR) is 65.5 cm³/mol. The van der Waals surface area contributed by atoms with Crippen LogP contribution in [0, 0.1) is 0 Å². The third-order valence-corrected chi connectivity index (χ3v) is 4.39. The number of aliphatic hydroxyl groups is 1. The predicted octanol–water partition coefficient (Wildman–Crippen LogP) is 3.42. The fraction of sp³-hybridized carbons (Fsp3) is 1.00. The SMILES string of the molecule is CCC(O)CCCC1CCC2(CCCC2)O1. The molecule has 1 spiro atoms. The summed E-state index contributed by atoms with van der Waals surface area (Å²) in [6.45, 7) is 2.05. The molecule has 0 aromatic heterocycles. The topological polar surface area (TPSA) is 29.5 Å². The van der Waals surface area contributed by atoms with Gasteiger partial charge in [0.25, 0.3) is 0 Å². The van der Waals surface area contributed by atoms with Crippen LogP contribution in [0.4, 0.5) is 0 Å². The molecule has 2 nitrogen and oxygen atoms in total. The van der Waals surface area contributed by atoms with Crippen LogP contribution in [-0.4, -0.2) is 22.9 Å². The average Bonchev–Trinajstić information content (AvgIpc) is 2.90. The molecule has 2 aliphatic rings. The van der Waals surface area contributed by atoms with Crippen LogP contribution in [0.2, 0.25) is 0 Å². The van der Waals surface area contributed by atoms with Gasteiger partial charge in [-0.2, -0.15) is 0 Å². The van der Waals surface area contributed by atoms with Crippen molar-refractivity contribution in [3.63, 3.8) is 0 Å². The molecular weight excluding hydrogens is 200 g/mol. The first-order valence-electron chi connectivity index (χ1n) is 7.10. The summed E-state index contributed by atoms with van der Waals surface area (Å²) in [6, 6.07) is 0. The highest BCUT2D eigenvalue weighted by Crippen LogP contribution is 2.44. The molecule has 2 fully saturated rings. The highest BCUT2D eigenvalue weighted by Gasteiger charge is 2.41. The maximum Gasteiger partial charge on any atom is 0.0687 e. The molecule has 94 valence electrons. The molecule has 1 N–H and O–H groups in total. The van der Waals surface area contributed by atoms with Crippen molar-refractivity contribution in [2.45, 2.75) is 88.9 Å². The minimum absolute atomic E-state index is 0.0955. The number of hydrogen-bond acceptors (Lipinski definition) is 2. The summed E-state index contributed by atoms with van der Waals surface area (Å²) < 4.78 is 6.24. The summed E-state index contributed by atoms with van der Waals surface area (Å²) in [6.07, 6.45) is 12.3. The Balaban J connectivity index is 1.65. The normalized spacial score (nSPS) is 30.0. The fourth-order valence-corrected chi connectivity index (χ4v) is 3.27. The number of hydrogen-bond donors (Lipinski definition) is 1. The Morgan fingerprint density at radius 1 is 1.31 bits per heavy atom. The van der Waals surface area contributed by atoms with Crippen molar-refractivity contribution in [3.8, 4) is 0 Å². The fourth-order valence-electron chi connectivity index (χ4n) is 3.27. The maximum absolute atomic E-state index is 9.50. The van der Waals surface area contributed by atoms with Gasteiger partial charge in [0.1, 0.15) is 0 Å². The average molecular weight is 226 g/mol. The first kappa shape index (κ1) is 12.4. The third kappa shape index (κ3) is 2.98. The summed E-state index contributed by atoms with van der Waals surface area (Å²) >= 11 is 0. The highest BCUT2D eigenvalue weighted by atomic mass is 16.5. The van der Waals surface area contributed by atoms with Crippen molar-refractivity contribution in [3.05, 3.63) is 0 Å². The zero-order chi connectivity index (χ0) is 11.4.